The maximum Gasteiger partial charge on any atom is 0.408 e. The molecule has 0 aliphatic heterocycles. The van der Waals surface area contributed by atoms with Gasteiger partial charge in [-0.15, -0.1) is 0 Å². The number of nitrogens with zero attached hydrogens (tertiary/aromatic N) is 2. The monoisotopic (exact) mass is 547 g/mol. The van der Waals surface area contributed by atoms with E-state index < -0.39 is 18.0 Å². The summed E-state index contributed by atoms with van der Waals surface area (Å²) in [6.45, 7) is 5.62. The number of Topliss-reactive ketones (excluding diaryl/α,β-unsaturated/α-hetero) is 1. The number of ketones is 1. The first-order valence-corrected chi connectivity index (χ1v) is 13.2. The number of H-pyrrole nitrogens is 1. The molecule has 10 heteroatoms. The average molecular weight is 548 g/mol. The van der Waals surface area contributed by atoms with Gasteiger partial charge < -0.3 is 25.3 Å². The van der Waals surface area contributed by atoms with Gasteiger partial charge in [0.15, 0.2) is 0 Å². The van der Waals surface area contributed by atoms with Crippen molar-refractivity contribution in [2.24, 2.45) is 0 Å². The maximum absolute atomic E-state index is 13.7. The van der Waals surface area contributed by atoms with Gasteiger partial charge in [0.1, 0.15) is 18.4 Å². The Balaban J connectivity index is 1.69. The van der Waals surface area contributed by atoms with Crippen LogP contribution in [0.5, 0.6) is 0 Å². The number of aromatic amines is 1. The summed E-state index contributed by atoms with van der Waals surface area (Å²) in [5.41, 5.74) is 2.14. The molecule has 0 bridgehead atoms. The van der Waals surface area contributed by atoms with Crippen LogP contribution in [-0.2, 0) is 37.6 Å². The summed E-state index contributed by atoms with van der Waals surface area (Å²) in [5, 5.41) is 5.54. The van der Waals surface area contributed by atoms with Crippen molar-refractivity contribution in [1.29, 1.82) is 0 Å². The number of imidazole rings is 1. The van der Waals surface area contributed by atoms with E-state index in [0.29, 0.717) is 12.2 Å². The molecular formula is C30H37N5O5. The molecule has 1 atom stereocenters. The SMILES string of the molecule is CC(=O)CCN(CC(=O)NCC(C)(C)c1ccccc1)C(=O)[C@H](Cc1cnc[nH]1)NC(=O)OCc1ccccc1. The number of amides is 3. The molecule has 2 aromatic carbocycles. The second kappa shape index (κ2) is 14.6. The lowest BCUT2D eigenvalue weighted by Gasteiger charge is -2.29. The van der Waals surface area contributed by atoms with Crippen LogP contribution in [0, 0.1) is 0 Å². The normalized spacial score (nSPS) is 11.8. The summed E-state index contributed by atoms with van der Waals surface area (Å²) in [7, 11) is 0. The van der Waals surface area contributed by atoms with E-state index in [1.807, 2.05) is 74.5 Å². The first kappa shape index (κ1) is 30.1. The molecule has 3 rings (SSSR count). The molecule has 0 spiro atoms. The van der Waals surface area contributed by atoms with E-state index in [0.717, 1.165) is 11.1 Å². The number of nitrogens with one attached hydrogen (secondary N) is 3. The van der Waals surface area contributed by atoms with Crippen LogP contribution in [0.3, 0.4) is 0 Å². The molecule has 3 N–H and O–H groups in total. The van der Waals surface area contributed by atoms with E-state index in [4.69, 9.17) is 4.74 Å². The molecule has 0 aliphatic carbocycles. The van der Waals surface area contributed by atoms with E-state index in [1.165, 1.54) is 18.2 Å². The Hall–Kier alpha value is -4.47. The number of hydrogen-bond acceptors (Lipinski definition) is 6. The lowest BCUT2D eigenvalue weighted by Crippen LogP contribution is -2.53. The van der Waals surface area contributed by atoms with Crippen LogP contribution in [0.2, 0.25) is 0 Å². The van der Waals surface area contributed by atoms with Crippen LogP contribution in [0.15, 0.2) is 73.2 Å². The van der Waals surface area contributed by atoms with Gasteiger partial charge in [-0.1, -0.05) is 74.5 Å². The van der Waals surface area contributed by atoms with Crippen molar-refractivity contribution in [3.05, 3.63) is 90.0 Å². The van der Waals surface area contributed by atoms with E-state index in [1.54, 1.807) is 6.20 Å². The van der Waals surface area contributed by atoms with E-state index >= 15 is 0 Å². The first-order chi connectivity index (χ1) is 19.1. The molecule has 3 aromatic rings. The Morgan fingerprint density at radius 1 is 1.02 bits per heavy atom. The largest absolute Gasteiger partial charge is 0.445 e. The zero-order valence-corrected chi connectivity index (χ0v) is 23.2. The summed E-state index contributed by atoms with van der Waals surface area (Å²) >= 11 is 0. The van der Waals surface area contributed by atoms with Crippen molar-refractivity contribution in [3.8, 4) is 0 Å². The Labute approximate surface area is 234 Å². The van der Waals surface area contributed by atoms with Crippen LogP contribution in [0.1, 0.15) is 44.0 Å². The van der Waals surface area contributed by atoms with Gasteiger partial charge in [0, 0.05) is 43.2 Å². The minimum absolute atomic E-state index is 0.0316. The topological polar surface area (TPSA) is 133 Å². The Morgan fingerprint density at radius 3 is 2.33 bits per heavy atom. The highest BCUT2D eigenvalue weighted by atomic mass is 16.5. The number of rotatable bonds is 14. The molecule has 10 nitrogen and oxygen atoms in total. The third-order valence-corrected chi connectivity index (χ3v) is 6.44. The fourth-order valence-electron chi connectivity index (χ4n) is 4.04. The highest BCUT2D eigenvalue weighted by Crippen LogP contribution is 2.21. The smallest absolute Gasteiger partial charge is 0.408 e. The zero-order valence-electron chi connectivity index (χ0n) is 23.2. The second-order valence-corrected chi connectivity index (χ2v) is 10.3. The fraction of sp³-hybridized carbons (Fsp3) is 0.367. The highest BCUT2D eigenvalue weighted by Gasteiger charge is 2.29. The van der Waals surface area contributed by atoms with Crippen molar-refractivity contribution in [2.45, 2.75) is 51.7 Å². The molecule has 0 fully saturated rings. The minimum atomic E-state index is -1.05. The highest BCUT2D eigenvalue weighted by molar-refractivity contribution is 5.90. The maximum atomic E-state index is 13.7. The molecular weight excluding hydrogens is 510 g/mol. The third-order valence-electron chi connectivity index (χ3n) is 6.44. The van der Waals surface area contributed by atoms with Crippen LogP contribution >= 0.6 is 0 Å². The lowest BCUT2D eigenvalue weighted by molar-refractivity contribution is -0.138. The molecule has 0 aliphatic rings. The summed E-state index contributed by atoms with van der Waals surface area (Å²) in [4.78, 5) is 59.3. The average Bonchev–Trinajstić information content (AvgIpc) is 3.46. The summed E-state index contributed by atoms with van der Waals surface area (Å²) in [6.07, 6.45) is 2.42. The molecule has 1 aromatic heterocycles. The Kier molecular flexibility index (Phi) is 11.0. The van der Waals surface area contributed by atoms with Crippen LogP contribution in [0.25, 0.3) is 0 Å². The molecule has 0 radical (unpaired) electrons. The van der Waals surface area contributed by atoms with Crippen molar-refractivity contribution < 1.29 is 23.9 Å². The third kappa shape index (κ3) is 9.68. The molecule has 40 heavy (non-hydrogen) atoms. The molecule has 1 heterocycles. The Morgan fingerprint density at radius 2 is 1.70 bits per heavy atom. The van der Waals surface area contributed by atoms with Crippen molar-refractivity contribution >= 4 is 23.7 Å². The number of ether oxygens (including phenoxy) is 1. The molecule has 0 saturated heterocycles. The molecule has 212 valence electrons. The van der Waals surface area contributed by atoms with Gasteiger partial charge in [-0.3, -0.25) is 14.4 Å². The van der Waals surface area contributed by atoms with Gasteiger partial charge in [-0.05, 0) is 18.1 Å². The summed E-state index contributed by atoms with van der Waals surface area (Å²) in [6, 6.07) is 17.9. The van der Waals surface area contributed by atoms with Gasteiger partial charge in [-0.25, -0.2) is 9.78 Å². The fourth-order valence-corrected chi connectivity index (χ4v) is 4.04. The molecule has 3 amide bonds. The van der Waals surface area contributed by atoms with E-state index in [2.05, 4.69) is 20.6 Å². The van der Waals surface area contributed by atoms with Crippen LogP contribution in [-0.4, -0.2) is 64.2 Å². The predicted octanol–water partition coefficient (Wildman–Crippen LogP) is 3.15. The molecule has 0 unspecified atom stereocenters. The predicted molar refractivity (Wildman–Crippen MR) is 150 cm³/mol. The second-order valence-electron chi connectivity index (χ2n) is 10.3. The summed E-state index contributed by atoms with van der Waals surface area (Å²) < 4.78 is 5.32. The quantitative estimate of drug-likeness (QED) is 0.284. The number of aromatic nitrogens is 2. The van der Waals surface area contributed by atoms with Crippen molar-refractivity contribution in [3.63, 3.8) is 0 Å². The van der Waals surface area contributed by atoms with E-state index in [9.17, 15) is 19.2 Å². The number of carbonyl (C=O) groups is 4. The molecule has 0 saturated carbocycles. The first-order valence-electron chi connectivity index (χ1n) is 13.2. The zero-order chi connectivity index (χ0) is 29.0. The van der Waals surface area contributed by atoms with Gasteiger partial charge >= 0.3 is 6.09 Å². The van der Waals surface area contributed by atoms with Crippen molar-refractivity contribution in [2.75, 3.05) is 19.6 Å². The Bertz CT molecular complexity index is 1250. The number of carbonyl (C=O) groups excluding carboxylic acids is 4. The van der Waals surface area contributed by atoms with Gasteiger partial charge in [0.05, 0.1) is 12.9 Å². The van der Waals surface area contributed by atoms with Crippen LogP contribution in [0.4, 0.5) is 4.79 Å². The van der Waals surface area contributed by atoms with Gasteiger partial charge in [0.2, 0.25) is 11.8 Å². The number of hydrogen-bond donors (Lipinski definition) is 3. The number of benzene rings is 2. The van der Waals surface area contributed by atoms with Crippen molar-refractivity contribution in [1.82, 2.24) is 25.5 Å². The minimum Gasteiger partial charge on any atom is -0.445 e. The standard InChI is InChI=1S/C30H37N5O5/c1-22(36)14-15-35(18-27(37)32-20-30(2,3)24-12-8-5-9-13-24)28(38)26(16-25-17-31-21-33-25)34-29(39)40-19-23-10-6-4-7-11-23/h4-13,17,21,26H,14-16,18-20H2,1-3H3,(H,31,33)(H,32,37)(H,34,39)/t26-/m0/s1. The summed E-state index contributed by atoms with van der Waals surface area (Å²) in [5.74, 6) is -0.999. The lowest BCUT2D eigenvalue weighted by atomic mass is 9.84. The van der Waals surface area contributed by atoms with Crippen LogP contribution < -0.4 is 10.6 Å². The van der Waals surface area contributed by atoms with E-state index in [-0.39, 0.29) is 49.6 Å². The van der Waals surface area contributed by atoms with Gasteiger partial charge in [0.25, 0.3) is 0 Å². The number of alkyl carbamates (subject to hydrolysis) is 1. The van der Waals surface area contributed by atoms with Gasteiger partial charge in [-0.2, -0.15) is 0 Å².